The molecular formula is C76H78BN3. The fraction of sp³-hybridized carbons (Fsp3) is 0.289. The molecule has 0 radical (unpaired) electrons. The fourth-order valence-corrected chi connectivity index (χ4v) is 14.0. The molecule has 1 aromatic heterocycles. The van der Waals surface area contributed by atoms with E-state index in [9.17, 15) is 0 Å². The summed E-state index contributed by atoms with van der Waals surface area (Å²) in [5.41, 5.74) is 25.8. The summed E-state index contributed by atoms with van der Waals surface area (Å²) in [5, 5.41) is 2.60. The summed E-state index contributed by atoms with van der Waals surface area (Å²) < 4.78 is 2.53. The number of aromatic nitrogens is 1. The molecule has 10 aromatic rings. The molecule has 4 heteroatoms. The second-order valence-corrected chi connectivity index (χ2v) is 27.8. The average Bonchev–Trinajstić information content (AvgIpc) is 3.93. The molecule has 0 atom stereocenters. The van der Waals surface area contributed by atoms with E-state index in [-0.39, 0.29) is 33.8 Å². The molecule has 3 nitrogen and oxygen atoms in total. The number of para-hydroxylation sites is 2. The maximum Gasteiger partial charge on any atom is 0.247 e. The predicted molar refractivity (Wildman–Crippen MR) is 345 cm³/mol. The molecule has 400 valence electrons. The van der Waals surface area contributed by atoms with E-state index in [1.54, 1.807) is 0 Å². The highest BCUT2D eigenvalue weighted by molar-refractivity contribution is 6.99. The van der Waals surface area contributed by atoms with Crippen molar-refractivity contribution in [3.05, 3.63) is 228 Å². The number of rotatable bonds is 6. The van der Waals surface area contributed by atoms with Crippen LogP contribution in [0.5, 0.6) is 0 Å². The fourth-order valence-electron chi connectivity index (χ4n) is 14.0. The minimum atomic E-state index is -0.194. The van der Waals surface area contributed by atoms with Gasteiger partial charge in [-0.15, -0.1) is 0 Å². The van der Waals surface area contributed by atoms with E-state index in [2.05, 4.69) is 292 Å². The molecule has 0 unspecified atom stereocenters. The lowest BCUT2D eigenvalue weighted by Gasteiger charge is -2.50. The quantitative estimate of drug-likeness (QED) is 0.154. The Labute approximate surface area is 477 Å². The van der Waals surface area contributed by atoms with Crippen LogP contribution in [0.25, 0.3) is 38.6 Å². The van der Waals surface area contributed by atoms with Gasteiger partial charge in [-0.2, -0.15) is 0 Å². The van der Waals surface area contributed by atoms with Gasteiger partial charge in [-0.3, -0.25) is 0 Å². The second-order valence-electron chi connectivity index (χ2n) is 27.8. The predicted octanol–water partition coefficient (Wildman–Crippen LogP) is 19.0. The Hall–Kier alpha value is -7.56. The average molecular weight is 1040 g/mol. The first-order valence-corrected chi connectivity index (χ1v) is 29.7. The number of hydrogen-bond acceptors (Lipinski definition) is 2. The lowest BCUT2D eigenvalue weighted by Crippen LogP contribution is -2.65. The molecule has 0 N–H and O–H groups in total. The van der Waals surface area contributed by atoms with Gasteiger partial charge in [0, 0.05) is 55.9 Å². The molecule has 1 fully saturated rings. The second kappa shape index (κ2) is 18.8. The van der Waals surface area contributed by atoms with Gasteiger partial charge in [0.15, 0.2) is 0 Å². The zero-order chi connectivity index (χ0) is 55.7. The summed E-state index contributed by atoms with van der Waals surface area (Å²) in [6.45, 7) is 28.2. The first-order valence-electron chi connectivity index (χ1n) is 29.7. The van der Waals surface area contributed by atoms with Crippen molar-refractivity contribution in [3.8, 4) is 16.8 Å². The highest BCUT2D eigenvalue weighted by Crippen LogP contribution is 2.53. The van der Waals surface area contributed by atoms with Crippen LogP contribution in [0.15, 0.2) is 194 Å². The van der Waals surface area contributed by atoms with Gasteiger partial charge in [-0.1, -0.05) is 217 Å². The summed E-state index contributed by atoms with van der Waals surface area (Å²) in [7, 11) is 0. The molecule has 3 heterocycles. The van der Waals surface area contributed by atoms with E-state index in [0.717, 1.165) is 18.5 Å². The van der Waals surface area contributed by atoms with Gasteiger partial charge in [0.05, 0.1) is 16.7 Å². The Bertz CT molecular complexity index is 4000. The molecule has 9 aromatic carbocycles. The van der Waals surface area contributed by atoms with Crippen LogP contribution in [0.4, 0.5) is 34.1 Å². The van der Waals surface area contributed by atoms with Crippen molar-refractivity contribution in [1.29, 1.82) is 0 Å². The Morgan fingerprint density at radius 2 is 1.00 bits per heavy atom. The van der Waals surface area contributed by atoms with Crippen LogP contribution < -0.4 is 26.2 Å². The number of benzene rings is 9. The molecular weight excluding hydrogens is 966 g/mol. The number of fused-ring (bicyclic) bond motifs is 9. The molecule has 1 aliphatic carbocycles. The molecule has 0 saturated heterocycles. The number of nitrogens with zero attached hydrogens (tertiary/aromatic N) is 3. The third-order valence-corrected chi connectivity index (χ3v) is 18.4. The van der Waals surface area contributed by atoms with E-state index in [1.807, 2.05) is 0 Å². The summed E-state index contributed by atoms with van der Waals surface area (Å²) in [6, 6.07) is 75.5. The van der Waals surface area contributed by atoms with Crippen molar-refractivity contribution in [2.24, 2.45) is 0 Å². The molecule has 0 bridgehead atoms. The van der Waals surface area contributed by atoms with Crippen molar-refractivity contribution in [1.82, 2.24) is 4.57 Å². The minimum absolute atomic E-state index is 0.00725. The molecule has 1 saturated carbocycles. The first-order chi connectivity index (χ1) is 38.2. The van der Waals surface area contributed by atoms with Crippen LogP contribution in [0.2, 0.25) is 0 Å². The molecule has 0 amide bonds. The van der Waals surface area contributed by atoms with Crippen LogP contribution in [0.3, 0.4) is 0 Å². The standard InChI is InChI=1S/C76H78BN3/c1-72(2,3)51-31-35-57(36-32-51)80-69-49-68-61(60-44-53(74(7,8)9)34-40-67(60)79(68)56-29-21-15-22-30-56)48-65(69)77-64-38-37-58(47-62(64)76(41-23-16-24-42-76)63-45-54(75(10,11)12)46-70(80)71(63)77)78(55-27-19-14-20-28-55)66-39-33-52(73(4,5)6)43-59(66)50-25-17-13-18-26-50/h13-15,17-22,25-40,43-49H,16,23-24,41-42H2,1-12H3. The van der Waals surface area contributed by atoms with Crippen molar-refractivity contribution in [2.45, 2.75) is 142 Å². The maximum absolute atomic E-state index is 2.70. The summed E-state index contributed by atoms with van der Waals surface area (Å²) >= 11 is 0. The van der Waals surface area contributed by atoms with Crippen LogP contribution in [-0.2, 0) is 27.1 Å². The van der Waals surface area contributed by atoms with Gasteiger partial charge in [0.2, 0.25) is 6.71 Å². The van der Waals surface area contributed by atoms with Crippen molar-refractivity contribution >= 4 is 79.0 Å². The topological polar surface area (TPSA) is 11.4 Å². The summed E-state index contributed by atoms with van der Waals surface area (Å²) in [4.78, 5) is 5.24. The van der Waals surface area contributed by atoms with Crippen molar-refractivity contribution in [2.75, 3.05) is 9.80 Å². The molecule has 1 spiro atoms. The summed E-state index contributed by atoms with van der Waals surface area (Å²) in [5.74, 6) is 0. The Balaban J connectivity index is 1.14. The van der Waals surface area contributed by atoms with Crippen LogP contribution in [-0.4, -0.2) is 11.3 Å². The van der Waals surface area contributed by atoms with Crippen LogP contribution in [0, 0.1) is 0 Å². The SMILES string of the molecule is CC(C)(C)c1ccc(N2c3cc4c(cc3B3c5ccc(N(c6ccccc6)c6ccc(C(C)(C)C)cc6-c6ccccc6)cc5C5(CCCCC5)c5cc(C(C)(C)C)cc2c53)c2cc(C(C)(C)C)ccc2n4-c2ccccc2)cc1. The van der Waals surface area contributed by atoms with Gasteiger partial charge in [-0.25, -0.2) is 0 Å². The number of hydrogen-bond donors (Lipinski definition) is 0. The minimum Gasteiger partial charge on any atom is -0.311 e. The van der Waals surface area contributed by atoms with E-state index >= 15 is 0 Å². The van der Waals surface area contributed by atoms with Crippen molar-refractivity contribution in [3.63, 3.8) is 0 Å². The Morgan fingerprint density at radius 1 is 0.412 bits per heavy atom. The highest BCUT2D eigenvalue weighted by Gasteiger charge is 2.51. The van der Waals surface area contributed by atoms with Gasteiger partial charge in [0.1, 0.15) is 0 Å². The molecule has 80 heavy (non-hydrogen) atoms. The first kappa shape index (κ1) is 51.9. The number of anilines is 6. The van der Waals surface area contributed by atoms with E-state index in [4.69, 9.17) is 0 Å². The van der Waals surface area contributed by atoms with E-state index in [1.165, 1.54) is 136 Å². The lowest BCUT2D eigenvalue weighted by molar-refractivity contribution is 0.347. The van der Waals surface area contributed by atoms with Crippen LogP contribution in [0.1, 0.15) is 149 Å². The smallest absolute Gasteiger partial charge is 0.247 e. The Morgan fingerprint density at radius 3 is 1.65 bits per heavy atom. The zero-order valence-electron chi connectivity index (χ0n) is 49.4. The van der Waals surface area contributed by atoms with E-state index < -0.39 is 0 Å². The van der Waals surface area contributed by atoms with E-state index in [0.29, 0.717) is 0 Å². The van der Waals surface area contributed by atoms with Gasteiger partial charge in [0.25, 0.3) is 0 Å². The van der Waals surface area contributed by atoms with Gasteiger partial charge in [-0.05, 0) is 169 Å². The normalized spacial score (nSPS) is 15.1. The van der Waals surface area contributed by atoms with Gasteiger partial charge >= 0.3 is 0 Å². The molecule has 2 aliphatic heterocycles. The maximum atomic E-state index is 2.70. The third-order valence-electron chi connectivity index (χ3n) is 18.4. The lowest BCUT2D eigenvalue weighted by atomic mass is 9.29. The molecule has 3 aliphatic rings. The molecule has 13 rings (SSSR count). The Kier molecular flexibility index (Phi) is 12.2. The van der Waals surface area contributed by atoms with Crippen LogP contribution >= 0.6 is 0 Å². The third kappa shape index (κ3) is 8.54. The summed E-state index contributed by atoms with van der Waals surface area (Å²) in [6.07, 6.45) is 5.88. The largest absolute Gasteiger partial charge is 0.311 e. The van der Waals surface area contributed by atoms with Crippen molar-refractivity contribution < 1.29 is 0 Å². The monoisotopic (exact) mass is 1040 g/mol. The zero-order valence-corrected chi connectivity index (χ0v) is 49.4. The highest BCUT2D eigenvalue weighted by atomic mass is 15.2. The van der Waals surface area contributed by atoms with Gasteiger partial charge < -0.3 is 14.4 Å².